The first-order valence-electron chi connectivity index (χ1n) is 6.47. The largest absolute Gasteiger partial charge is 0.445 e. The first kappa shape index (κ1) is 12.0. The van der Waals surface area contributed by atoms with Crippen molar-refractivity contribution in [2.24, 2.45) is 5.92 Å². The average molecular weight is 260 g/mol. The molecule has 100 valence electrons. The quantitative estimate of drug-likeness (QED) is 0.867. The lowest BCUT2D eigenvalue weighted by Gasteiger charge is -2.17. The highest BCUT2D eigenvalue weighted by Crippen LogP contribution is 2.25. The van der Waals surface area contributed by atoms with Crippen LogP contribution in [0, 0.1) is 5.92 Å². The molecule has 2 heterocycles. The van der Waals surface area contributed by atoms with Crippen LogP contribution in [0.1, 0.15) is 12.0 Å². The molecule has 0 aromatic heterocycles. The van der Waals surface area contributed by atoms with E-state index in [2.05, 4.69) is 5.32 Å². The van der Waals surface area contributed by atoms with Crippen LogP contribution in [0.5, 0.6) is 0 Å². The number of amides is 2. The van der Waals surface area contributed by atoms with Gasteiger partial charge >= 0.3 is 6.09 Å². The first-order valence-corrected chi connectivity index (χ1v) is 6.47. The van der Waals surface area contributed by atoms with Gasteiger partial charge in [0, 0.05) is 25.4 Å². The lowest BCUT2D eigenvalue weighted by Crippen LogP contribution is -2.35. The number of carbonyl (C=O) groups excluding carboxylic acids is 2. The van der Waals surface area contributed by atoms with Gasteiger partial charge in [0.1, 0.15) is 6.61 Å². The van der Waals surface area contributed by atoms with Gasteiger partial charge in [0.05, 0.1) is 6.04 Å². The number of fused-ring (bicyclic) bond motifs is 1. The van der Waals surface area contributed by atoms with Crippen molar-refractivity contribution < 1.29 is 14.3 Å². The number of carbonyl (C=O) groups is 2. The molecule has 2 unspecified atom stereocenters. The molecule has 0 radical (unpaired) electrons. The maximum Gasteiger partial charge on any atom is 0.410 e. The third kappa shape index (κ3) is 2.54. The minimum Gasteiger partial charge on any atom is -0.445 e. The first-order chi connectivity index (χ1) is 9.22. The number of ether oxygens (including phenoxy) is 1. The summed E-state index contributed by atoms with van der Waals surface area (Å²) < 4.78 is 5.28. The molecule has 1 aromatic rings. The molecule has 19 heavy (non-hydrogen) atoms. The van der Waals surface area contributed by atoms with Gasteiger partial charge in [-0.3, -0.25) is 4.79 Å². The van der Waals surface area contributed by atoms with Crippen LogP contribution in [-0.2, 0) is 16.1 Å². The smallest absolute Gasteiger partial charge is 0.410 e. The topological polar surface area (TPSA) is 58.6 Å². The molecular formula is C14H16N2O3. The van der Waals surface area contributed by atoms with Gasteiger partial charge in [0.15, 0.2) is 0 Å². The second-order valence-electron chi connectivity index (χ2n) is 5.08. The summed E-state index contributed by atoms with van der Waals surface area (Å²) >= 11 is 0. The number of benzene rings is 1. The Kier molecular flexibility index (Phi) is 3.11. The number of nitrogens with one attached hydrogen (secondary N) is 1. The molecule has 2 aliphatic rings. The summed E-state index contributed by atoms with van der Waals surface area (Å²) in [6.07, 6.45) is 0.222. The second kappa shape index (κ2) is 4.91. The number of rotatable bonds is 2. The van der Waals surface area contributed by atoms with E-state index < -0.39 is 0 Å². The summed E-state index contributed by atoms with van der Waals surface area (Å²) in [5, 5.41) is 2.89. The molecule has 0 saturated carbocycles. The summed E-state index contributed by atoms with van der Waals surface area (Å²) in [6, 6.07) is 9.71. The van der Waals surface area contributed by atoms with Crippen LogP contribution in [0.25, 0.3) is 0 Å². The van der Waals surface area contributed by atoms with Crippen LogP contribution >= 0.6 is 0 Å². The zero-order valence-corrected chi connectivity index (χ0v) is 10.5. The molecule has 0 spiro atoms. The molecule has 2 fully saturated rings. The Bertz CT molecular complexity index is 473. The van der Waals surface area contributed by atoms with E-state index in [0.29, 0.717) is 19.5 Å². The standard InChI is InChI=1S/C14H16N2O3/c17-13-6-11-7-16(8-12(11)15-13)14(18)19-9-10-4-2-1-3-5-10/h1-5,11-12H,6-9H2,(H,15,17). The molecule has 5 heteroatoms. The Labute approximate surface area is 111 Å². The lowest BCUT2D eigenvalue weighted by molar-refractivity contribution is -0.119. The van der Waals surface area contributed by atoms with E-state index in [1.54, 1.807) is 4.90 Å². The average Bonchev–Trinajstić information content (AvgIpc) is 2.94. The minimum absolute atomic E-state index is 0.0901. The van der Waals surface area contributed by atoms with Crippen molar-refractivity contribution in [3.63, 3.8) is 0 Å². The van der Waals surface area contributed by atoms with Crippen LogP contribution in [-0.4, -0.2) is 36.0 Å². The van der Waals surface area contributed by atoms with Crippen LogP contribution in [0.4, 0.5) is 4.79 Å². The molecule has 2 aliphatic heterocycles. The molecule has 5 nitrogen and oxygen atoms in total. The van der Waals surface area contributed by atoms with Gasteiger partial charge in [-0.25, -0.2) is 4.79 Å². The zero-order chi connectivity index (χ0) is 13.2. The third-order valence-electron chi connectivity index (χ3n) is 3.70. The zero-order valence-electron chi connectivity index (χ0n) is 10.5. The Morgan fingerprint density at radius 3 is 2.84 bits per heavy atom. The van der Waals surface area contributed by atoms with Crippen LogP contribution < -0.4 is 5.32 Å². The fourth-order valence-electron chi connectivity index (χ4n) is 2.71. The highest BCUT2D eigenvalue weighted by atomic mass is 16.6. The van der Waals surface area contributed by atoms with Crippen molar-refractivity contribution in [2.45, 2.75) is 19.1 Å². The molecular weight excluding hydrogens is 244 g/mol. The molecule has 2 amide bonds. The maximum absolute atomic E-state index is 11.9. The van der Waals surface area contributed by atoms with Crippen molar-refractivity contribution in [1.29, 1.82) is 0 Å². The summed E-state index contributed by atoms with van der Waals surface area (Å²) in [4.78, 5) is 24.8. The van der Waals surface area contributed by atoms with Crippen LogP contribution in [0.15, 0.2) is 30.3 Å². The van der Waals surface area contributed by atoms with Gasteiger partial charge in [0.2, 0.25) is 5.91 Å². The molecule has 1 aromatic carbocycles. The Morgan fingerprint density at radius 2 is 2.11 bits per heavy atom. The van der Waals surface area contributed by atoms with Gasteiger partial charge in [-0.15, -0.1) is 0 Å². The van der Waals surface area contributed by atoms with Gasteiger partial charge in [0.25, 0.3) is 0 Å². The van der Waals surface area contributed by atoms with Crippen LogP contribution in [0.2, 0.25) is 0 Å². The third-order valence-corrected chi connectivity index (χ3v) is 3.70. The number of hydrogen-bond donors (Lipinski definition) is 1. The van der Waals surface area contributed by atoms with Crippen molar-refractivity contribution in [2.75, 3.05) is 13.1 Å². The predicted octanol–water partition coefficient (Wildman–Crippen LogP) is 1.14. The highest BCUT2D eigenvalue weighted by Gasteiger charge is 2.42. The fourth-order valence-corrected chi connectivity index (χ4v) is 2.71. The van der Waals surface area contributed by atoms with Crippen molar-refractivity contribution >= 4 is 12.0 Å². The maximum atomic E-state index is 11.9. The molecule has 0 aliphatic carbocycles. The van der Waals surface area contributed by atoms with Crippen LogP contribution in [0.3, 0.4) is 0 Å². The Hall–Kier alpha value is -2.04. The number of hydrogen-bond acceptors (Lipinski definition) is 3. The summed E-state index contributed by atoms with van der Waals surface area (Å²) in [6.45, 7) is 1.46. The molecule has 3 rings (SSSR count). The van der Waals surface area contributed by atoms with Gasteiger partial charge in [-0.2, -0.15) is 0 Å². The van der Waals surface area contributed by atoms with Crippen molar-refractivity contribution in [3.8, 4) is 0 Å². The van der Waals surface area contributed by atoms with E-state index in [1.807, 2.05) is 30.3 Å². The SMILES string of the molecule is O=C1CC2CN(C(=O)OCc3ccccc3)CC2N1. The van der Waals surface area contributed by atoms with Gasteiger partial charge < -0.3 is 15.0 Å². The number of nitrogens with zero attached hydrogens (tertiary/aromatic N) is 1. The number of likely N-dealkylation sites (tertiary alicyclic amines) is 1. The molecule has 0 bridgehead atoms. The lowest BCUT2D eigenvalue weighted by atomic mass is 10.1. The monoisotopic (exact) mass is 260 g/mol. The second-order valence-corrected chi connectivity index (χ2v) is 5.08. The van der Waals surface area contributed by atoms with E-state index in [9.17, 15) is 9.59 Å². The van der Waals surface area contributed by atoms with E-state index in [1.165, 1.54) is 0 Å². The van der Waals surface area contributed by atoms with Gasteiger partial charge in [-0.1, -0.05) is 30.3 Å². The van der Waals surface area contributed by atoms with E-state index in [0.717, 1.165) is 5.56 Å². The Morgan fingerprint density at radius 1 is 1.32 bits per heavy atom. The molecule has 2 atom stereocenters. The van der Waals surface area contributed by atoms with Crippen molar-refractivity contribution in [3.05, 3.63) is 35.9 Å². The van der Waals surface area contributed by atoms with E-state index in [-0.39, 0.29) is 30.6 Å². The predicted molar refractivity (Wildman–Crippen MR) is 68.2 cm³/mol. The Balaban J connectivity index is 1.51. The van der Waals surface area contributed by atoms with Crippen molar-refractivity contribution in [1.82, 2.24) is 10.2 Å². The fraction of sp³-hybridized carbons (Fsp3) is 0.429. The normalized spacial score (nSPS) is 25.1. The van der Waals surface area contributed by atoms with E-state index >= 15 is 0 Å². The van der Waals surface area contributed by atoms with E-state index in [4.69, 9.17) is 4.74 Å². The summed E-state index contributed by atoms with van der Waals surface area (Å²) in [5.74, 6) is 0.337. The van der Waals surface area contributed by atoms with Gasteiger partial charge in [-0.05, 0) is 5.56 Å². The summed E-state index contributed by atoms with van der Waals surface area (Å²) in [7, 11) is 0. The minimum atomic E-state index is -0.299. The molecule has 2 saturated heterocycles. The summed E-state index contributed by atoms with van der Waals surface area (Å²) in [5.41, 5.74) is 0.976. The highest BCUT2D eigenvalue weighted by molar-refractivity contribution is 5.80. The molecule has 1 N–H and O–H groups in total.